The maximum absolute atomic E-state index is 14.1. The first-order chi connectivity index (χ1) is 12.4. The van der Waals surface area contributed by atoms with Gasteiger partial charge < -0.3 is 10.4 Å². The first-order valence-electron chi connectivity index (χ1n) is 7.40. The standard InChI is InChI=1S/C19H11ClF3NO2/c20-17-16(25)7-6-15(23)18(17)24-19(26)13-9-11(4-5-14(13)22)10-2-1-3-12(21)8-10/h1-9,25H,(H,24,26). The molecule has 132 valence electrons. The summed E-state index contributed by atoms with van der Waals surface area (Å²) in [5.41, 5.74) is -0.00283. The van der Waals surface area contributed by atoms with Crippen molar-refractivity contribution in [3.05, 3.63) is 82.6 Å². The number of halogens is 4. The minimum atomic E-state index is -0.966. The summed E-state index contributed by atoms with van der Waals surface area (Å²) >= 11 is 5.77. The summed E-state index contributed by atoms with van der Waals surface area (Å²) in [5.74, 6) is -3.61. The topological polar surface area (TPSA) is 49.3 Å². The molecule has 0 radical (unpaired) electrons. The Kier molecular flexibility index (Phi) is 4.86. The molecular weight excluding hydrogens is 367 g/mol. The first-order valence-corrected chi connectivity index (χ1v) is 7.78. The van der Waals surface area contributed by atoms with E-state index in [0.717, 1.165) is 18.2 Å². The predicted molar refractivity (Wildman–Crippen MR) is 92.8 cm³/mol. The third kappa shape index (κ3) is 3.50. The Balaban J connectivity index is 1.98. The smallest absolute Gasteiger partial charge is 0.258 e. The summed E-state index contributed by atoms with van der Waals surface area (Å²) in [4.78, 5) is 12.4. The fraction of sp³-hybridized carbons (Fsp3) is 0. The van der Waals surface area contributed by atoms with Crippen molar-refractivity contribution in [1.29, 1.82) is 0 Å². The number of anilines is 1. The second-order valence-electron chi connectivity index (χ2n) is 5.41. The maximum Gasteiger partial charge on any atom is 0.258 e. The molecule has 1 amide bonds. The average Bonchev–Trinajstić information content (AvgIpc) is 2.62. The van der Waals surface area contributed by atoms with Crippen molar-refractivity contribution in [1.82, 2.24) is 0 Å². The van der Waals surface area contributed by atoms with Crippen LogP contribution in [0.25, 0.3) is 11.1 Å². The summed E-state index contributed by atoms with van der Waals surface area (Å²) in [6.07, 6.45) is 0. The summed E-state index contributed by atoms with van der Waals surface area (Å²) in [6.45, 7) is 0. The molecule has 0 aliphatic rings. The Hall–Kier alpha value is -2.99. The van der Waals surface area contributed by atoms with Gasteiger partial charge in [0, 0.05) is 0 Å². The molecule has 0 atom stereocenters. The van der Waals surface area contributed by atoms with Crippen molar-refractivity contribution in [3.8, 4) is 16.9 Å². The minimum Gasteiger partial charge on any atom is -0.506 e. The molecule has 0 saturated heterocycles. The molecule has 3 rings (SSSR count). The quantitative estimate of drug-likeness (QED) is 0.643. The van der Waals surface area contributed by atoms with Gasteiger partial charge in [-0.2, -0.15) is 0 Å². The van der Waals surface area contributed by atoms with Gasteiger partial charge in [-0.1, -0.05) is 29.8 Å². The van der Waals surface area contributed by atoms with Gasteiger partial charge in [0.1, 0.15) is 28.2 Å². The van der Waals surface area contributed by atoms with Crippen molar-refractivity contribution in [2.75, 3.05) is 5.32 Å². The van der Waals surface area contributed by atoms with Crippen LogP contribution in [0.1, 0.15) is 10.4 Å². The molecule has 3 aromatic rings. The van der Waals surface area contributed by atoms with Crippen LogP contribution in [0, 0.1) is 17.5 Å². The molecule has 0 aliphatic heterocycles. The summed E-state index contributed by atoms with van der Waals surface area (Å²) in [6, 6.07) is 11.2. The molecule has 7 heteroatoms. The van der Waals surface area contributed by atoms with E-state index < -0.39 is 39.8 Å². The lowest BCUT2D eigenvalue weighted by Crippen LogP contribution is -2.15. The van der Waals surface area contributed by atoms with Crippen LogP contribution in [-0.2, 0) is 0 Å². The number of phenolic OH excluding ortho intramolecular Hbond substituents is 1. The van der Waals surface area contributed by atoms with Crippen LogP contribution >= 0.6 is 11.6 Å². The molecule has 3 aromatic carbocycles. The van der Waals surface area contributed by atoms with Gasteiger partial charge in [-0.3, -0.25) is 4.79 Å². The number of carbonyl (C=O) groups is 1. The fourth-order valence-corrected chi connectivity index (χ4v) is 2.58. The van der Waals surface area contributed by atoms with Crippen LogP contribution in [0.4, 0.5) is 18.9 Å². The van der Waals surface area contributed by atoms with Crippen molar-refractivity contribution in [2.24, 2.45) is 0 Å². The highest BCUT2D eigenvalue weighted by atomic mass is 35.5. The third-order valence-corrected chi connectivity index (χ3v) is 4.06. The van der Waals surface area contributed by atoms with E-state index in [1.165, 1.54) is 30.3 Å². The number of benzene rings is 3. The zero-order chi connectivity index (χ0) is 18.8. The number of aromatic hydroxyl groups is 1. The van der Waals surface area contributed by atoms with E-state index >= 15 is 0 Å². The lowest BCUT2D eigenvalue weighted by Gasteiger charge is -2.11. The Morgan fingerprint density at radius 2 is 1.62 bits per heavy atom. The SMILES string of the molecule is O=C(Nc1c(F)ccc(O)c1Cl)c1cc(-c2cccc(F)c2)ccc1F. The number of hydrogen-bond acceptors (Lipinski definition) is 2. The summed E-state index contributed by atoms with van der Waals surface area (Å²) in [7, 11) is 0. The Bertz CT molecular complexity index is 1010. The summed E-state index contributed by atoms with van der Waals surface area (Å²) < 4.78 is 41.3. The van der Waals surface area contributed by atoms with Gasteiger partial charge >= 0.3 is 0 Å². The number of rotatable bonds is 3. The highest BCUT2D eigenvalue weighted by Crippen LogP contribution is 2.34. The molecule has 0 heterocycles. The molecule has 0 aromatic heterocycles. The van der Waals surface area contributed by atoms with E-state index in [4.69, 9.17) is 11.6 Å². The van der Waals surface area contributed by atoms with Gasteiger partial charge in [0.2, 0.25) is 0 Å². The summed E-state index contributed by atoms with van der Waals surface area (Å²) in [5, 5.41) is 11.3. The van der Waals surface area contributed by atoms with Crippen LogP contribution in [0.2, 0.25) is 5.02 Å². The van der Waals surface area contributed by atoms with Gasteiger partial charge in [0.25, 0.3) is 5.91 Å². The molecule has 3 nitrogen and oxygen atoms in total. The van der Waals surface area contributed by atoms with Crippen molar-refractivity contribution < 1.29 is 23.1 Å². The molecule has 0 fully saturated rings. The highest BCUT2D eigenvalue weighted by molar-refractivity contribution is 6.35. The molecule has 0 unspecified atom stereocenters. The zero-order valence-electron chi connectivity index (χ0n) is 13.1. The molecular formula is C19H11ClF3NO2. The first kappa shape index (κ1) is 17.8. The van der Waals surface area contributed by atoms with Gasteiger partial charge in [0.15, 0.2) is 0 Å². The van der Waals surface area contributed by atoms with Gasteiger partial charge in [-0.25, -0.2) is 13.2 Å². The number of phenols is 1. The van der Waals surface area contributed by atoms with E-state index in [2.05, 4.69) is 5.32 Å². The number of hydrogen-bond donors (Lipinski definition) is 2. The van der Waals surface area contributed by atoms with Crippen LogP contribution in [0.15, 0.2) is 54.6 Å². The van der Waals surface area contributed by atoms with Crippen LogP contribution < -0.4 is 5.32 Å². The molecule has 0 aliphatic carbocycles. The number of carbonyl (C=O) groups excluding carboxylic acids is 1. The van der Waals surface area contributed by atoms with E-state index in [1.54, 1.807) is 6.07 Å². The van der Waals surface area contributed by atoms with Gasteiger partial charge in [0.05, 0.1) is 11.3 Å². The normalized spacial score (nSPS) is 10.6. The monoisotopic (exact) mass is 377 g/mol. The fourth-order valence-electron chi connectivity index (χ4n) is 2.38. The second-order valence-corrected chi connectivity index (χ2v) is 5.79. The van der Waals surface area contributed by atoms with E-state index in [-0.39, 0.29) is 5.56 Å². The van der Waals surface area contributed by atoms with Crippen LogP contribution in [-0.4, -0.2) is 11.0 Å². The van der Waals surface area contributed by atoms with Crippen LogP contribution in [0.3, 0.4) is 0 Å². The molecule has 2 N–H and O–H groups in total. The lowest BCUT2D eigenvalue weighted by molar-refractivity contribution is 0.102. The largest absolute Gasteiger partial charge is 0.506 e. The maximum atomic E-state index is 14.1. The van der Waals surface area contributed by atoms with Crippen molar-refractivity contribution in [3.63, 3.8) is 0 Å². The van der Waals surface area contributed by atoms with E-state index in [9.17, 15) is 23.1 Å². The Morgan fingerprint density at radius 3 is 2.35 bits per heavy atom. The third-order valence-electron chi connectivity index (χ3n) is 3.68. The molecule has 0 spiro atoms. The molecule has 0 bridgehead atoms. The van der Waals surface area contributed by atoms with Crippen molar-refractivity contribution >= 4 is 23.2 Å². The Labute approximate surface area is 151 Å². The highest BCUT2D eigenvalue weighted by Gasteiger charge is 2.18. The lowest BCUT2D eigenvalue weighted by atomic mass is 10.0. The van der Waals surface area contributed by atoms with E-state index in [1.807, 2.05) is 0 Å². The molecule has 0 saturated carbocycles. The van der Waals surface area contributed by atoms with E-state index in [0.29, 0.717) is 11.1 Å². The number of nitrogens with one attached hydrogen (secondary N) is 1. The number of amides is 1. The van der Waals surface area contributed by atoms with Crippen molar-refractivity contribution in [2.45, 2.75) is 0 Å². The average molecular weight is 378 g/mol. The zero-order valence-corrected chi connectivity index (χ0v) is 13.8. The predicted octanol–water partition coefficient (Wildman–Crippen LogP) is 5.38. The Morgan fingerprint density at radius 1 is 0.923 bits per heavy atom. The van der Waals surface area contributed by atoms with Crippen LogP contribution in [0.5, 0.6) is 5.75 Å². The van der Waals surface area contributed by atoms with Gasteiger partial charge in [-0.15, -0.1) is 0 Å². The molecule has 26 heavy (non-hydrogen) atoms. The minimum absolute atomic E-state index is 0.384. The second kappa shape index (κ2) is 7.09. The van der Waals surface area contributed by atoms with Gasteiger partial charge in [-0.05, 0) is 47.5 Å².